The maximum absolute atomic E-state index is 12.8. The second kappa shape index (κ2) is 9.05. The van der Waals surface area contributed by atoms with Crippen molar-refractivity contribution in [2.24, 2.45) is 5.92 Å². The first-order chi connectivity index (χ1) is 12.1. The summed E-state index contributed by atoms with van der Waals surface area (Å²) in [7, 11) is 0. The van der Waals surface area contributed by atoms with Crippen LogP contribution in [0.3, 0.4) is 0 Å². The molecule has 0 spiro atoms. The molecule has 1 heterocycles. The van der Waals surface area contributed by atoms with Crippen LogP contribution in [0.15, 0.2) is 24.3 Å². The quantitative estimate of drug-likeness (QED) is 0.725. The van der Waals surface area contributed by atoms with E-state index in [2.05, 4.69) is 10.6 Å². The standard InChI is InChI=1S/C18H25N3O4/c1-3-19-17(23)13-9-10-21(12-13)18(24)14-7-5-6-8-15(14)20-11-16(22)25-4-2/h5-8,13,20H,3-4,9-12H2,1-2H3,(H,19,23)/t13-/m1/s1. The second-order valence-corrected chi connectivity index (χ2v) is 5.84. The van der Waals surface area contributed by atoms with E-state index in [4.69, 9.17) is 4.74 Å². The number of rotatable bonds is 7. The van der Waals surface area contributed by atoms with E-state index in [0.29, 0.717) is 43.9 Å². The zero-order chi connectivity index (χ0) is 18.2. The summed E-state index contributed by atoms with van der Waals surface area (Å²) in [5.74, 6) is -0.684. The van der Waals surface area contributed by atoms with Crippen LogP contribution in [0, 0.1) is 5.92 Å². The predicted octanol–water partition coefficient (Wildman–Crippen LogP) is 1.26. The van der Waals surface area contributed by atoms with Crippen LogP contribution in [0.5, 0.6) is 0 Å². The summed E-state index contributed by atoms with van der Waals surface area (Å²) < 4.78 is 4.89. The van der Waals surface area contributed by atoms with Crippen molar-refractivity contribution in [2.75, 3.05) is 38.1 Å². The minimum absolute atomic E-state index is 0.000333. The predicted molar refractivity (Wildman–Crippen MR) is 94.3 cm³/mol. The smallest absolute Gasteiger partial charge is 0.325 e. The van der Waals surface area contributed by atoms with E-state index in [9.17, 15) is 14.4 Å². The van der Waals surface area contributed by atoms with E-state index in [1.54, 1.807) is 36.1 Å². The van der Waals surface area contributed by atoms with E-state index in [1.165, 1.54) is 0 Å². The molecule has 1 saturated heterocycles. The van der Waals surface area contributed by atoms with E-state index in [1.807, 2.05) is 6.92 Å². The van der Waals surface area contributed by atoms with Gasteiger partial charge in [-0.3, -0.25) is 14.4 Å². The van der Waals surface area contributed by atoms with Crippen molar-refractivity contribution in [2.45, 2.75) is 20.3 Å². The van der Waals surface area contributed by atoms with Crippen LogP contribution in [0.4, 0.5) is 5.69 Å². The molecule has 1 aliphatic heterocycles. The molecule has 25 heavy (non-hydrogen) atoms. The Morgan fingerprint density at radius 3 is 2.72 bits per heavy atom. The van der Waals surface area contributed by atoms with Gasteiger partial charge in [0.15, 0.2) is 0 Å². The fraction of sp³-hybridized carbons (Fsp3) is 0.500. The lowest BCUT2D eigenvalue weighted by Gasteiger charge is -2.19. The molecule has 7 heteroatoms. The van der Waals surface area contributed by atoms with Gasteiger partial charge in [-0.05, 0) is 32.4 Å². The average Bonchev–Trinajstić information content (AvgIpc) is 3.10. The Bertz CT molecular complexity index is 633. The van der Waals surface area contributed by atoms with E-state index < -0.39 is 0 Å². The third kappa shape index (κ3) is 4.95. The van der Waals surface area contributed by atoms with Crippen molar-refractivity contribution in [1.29, 1.82) is 0 Å². The first kappa shape index (κ1) is 18.8. The maximum Gasteiger partial charge on any atom is 0.325 e. The fourth-order valence-corrected chi connectivity index (χ4v) is 2.85. The summed E-state index contributed by atoms with van der Waals surface area (Å²) in [5.41, 5.74) is 1.07. The van der Waals surface area contributed by atoms with Gasteiger partial charge in [0.2, 0.25) is 5.91 Å². The molecule has 0 radical (unpaired) electrons. The average molecular weight is 347 g/mol. The van der Waals surface area contributed by atoms with Crippen LogP contribution < -0.4 is 10.6 Å². The SMILES string of the molecule is CCNC(=O)[C@@H]1CCN(C(=O)c2ccccc2NCC(=O)OCC)C1. The van der Waals surface area contributed by atoms with Gasteiger partial charge in [-0.1, -0.05) is 12.1 Å². The molecule has 0 aromatic heterocycles. The molecular formula is C18H25N3O4. The number of anilines is 1. The highest BCUT2D eigenvalue weighted by atomic mass is 16.5. The third-order valence-corrected chi connectivity index (χ3v) is 4.08. The molecule has 1 aromatic carbocycles. The summed E-state index contributed by atoms with van der Waals surface area (Å²) in [6.45, 7) is 5.48. The van der Waals surface area contributed by atoms with Gasteiger partial charge in [0.25, 0.3) is 5.91 Å². The maximum atomic E-state index is 12.8. The van der Waals surface area contributed by atoms with Crippen LogP contribution in [-0.2, 0) is 14.3 Å². The summed E-state index contributed by atoms with van der Waals surface area (Å²) in [6.07, 6.45) is 0.663. The molecule has 1 atom stereocenters. The molecule has 0 aliphatic carbocycles. The number of nitrogens with one attached hydrogen (secondary N) is 2. The van der Waals surface area contributed by atoms with Gasteiger partial charge in [0.1, 0.15) is 6.54 Å². The number of esters is 1. The summed E-state index contributed by atoms with van der Waals surface area (Å²) in [4.78, 5) is 37.9. The number of amides is 2. The first-order valence-electron chi connectivity index (χ1n) is 8.62. The largest absolute Gasteiger partial charge is 0.465 e. The zero-order valence-electron chi connectivity index (χ0n) is 14.7. The molecule has 2 amide bonds. The number of hydrogen-bond acceptors (Lipinski definition) is 5. The molecular weight excluding hydrogens is 322 g/mol. The lowest BCUT2D eigenvalue weighted by atomic mass is 10.1. The molecule has 1 fully saturated rings. The zero-order valence-corrected chi connectivity index (χ0v) is 14.7. The fourth-order valence-electron chi connectivity index (χ4n) is 2.85. The molecule has 2 N–H and O–H groups in total. The number of likely N-dealkylation sites (tertiary alicyclic amines) is 1. The second-order valence-electron chi connectivity index (χ2n) is 5.84. The Labute approximate surface area is 147 Å². The van der Waals surface area contributed by atoms with Gasteiger partial charge in [-0.25, -0.2) is 0 Å². The van der Waals surface area contributed by atoms with E-state index in [0.717, 1.165) is 0 Å². The van der Waals surface area contributed by atoms with Crippen molar-refractivity contribution < 1.29 is 19.1 Å². The van der Waals surface area contributed by atoms with Crippen molar-refractivity contribution >= 4 is 23.5 Å². The van der Waals surface area contributed by atoms with Gasteiger partial charge in [0, 0.05) is 25.3 Å². The molecule has 7 nitrogen and oxygen atoms in total. The summed E-state index contributed by atoms with van der Waals surface area (Å²) in [6, 6.07) is 7.05. The summed E-state index contributed by atoms with van der Waals surface area (Å²) >= 11 is 0. The van der Waals surface area contributed by atoms with Gasteiger partial charge >= 0.3 is 5.97 Å². The Morgan fingerprint density at radius 2 is 2.00 bits per heavy atom. The highest BCUT2D eigenvalue weighted by Gasteiger charge is 2.31. The van der Waals surface area contributed by atoms with Crippen molar-refractivity contribution in [3.63, 3.8) is 0 Å². The van der Waals surface area contributed by atoms with E-state index in [-0.39, 0.29) is 30.2 Å². The van der Waals surface area contributed by atoms with Gasteiger partial charge in [-0.2, -0.15) is 0 Å². The van der Waals surface area contributed by atoms with Crippen LogP contribution >= 0.6 is 0 Å². The van der Waals surface area contributed by atoms with Crippen molar-refractivity contribution in [3.05, 3.63) is 29.8 Å². The molecule has 0 bridgehead atoms. The Hall–Kier alpha value is -2.57. The topological polar surface area (TPSA) is 87.7 Å². The minimum atomic E-state index is -0.373. The van der Waals surface area contributed by atoms with Crippen LogP contribution in [0.2, 0.25) is 0 Å². The normalized spacial score (nSPS) is 16.4. The molecule has 136 valence electrons. The summed E-state index contributed by atoms with van der Waals surface area (Å²) in [5, 5.41) is 5.76. The molecule has 1 aliphatic rings. The number of carbonyl (C=O) groups excluding carboxylic acids is 3. The molecule has 1 aromatic rings. The Balaban J connectivity index is 2.02. The number of hydrogen-bond donors (Lipinski definition) is 2. The number of nitrogens with zero attached hydrogens (tertiary/aromatic N) is 1. The molecule has 0 unspecified atom stereocenters. The van der Waals surface area contributed by atoms with Crippen molar-refractivity contribution in [1.82, 2.24) is 10.2 Å². The van der Waals surface area contributed by atoms with Gasteiger partial charge in [-0.15, -0.1) is 0 Å². The van der Waals surface area contributed by atoms with E-state index >= 15 is 0 Å². The number of benzene rings is 1. The monoisotopic (exact) mass is 347 g/mol. The third-order valence-electron chi connectivity index (χ3n) is 4.08. The first-order valence-corrected chi connectivity index (χ1v) is 8.62. The molecule has 0 saturated carbocycles. The highest BCUT2D eigenvalue weighted by molar-refractivity contribution is 6.00. The number of ether oxygens (including phenoxy) is 1. The number of para-hydroxylation sites is 1. The van der Waals surface area contributed by atoms with Crippen LogP contribution in [-0.4, -0.2) is 55.5 Å². The highest BCUT2D eigenvalue weighted by Crippen LogP contribution is 2.22. The lowest BCUT2D eigenvalue weighted by Crippen LogP contribution is -2.34. The Morgan fingerprint density at radius 1 is 1.24 bits per heavy atom. The number of carbonyl (C=O) groups is 3. The minimum Gasteiger partial charge on any atom is -0.465 e. The lowest BCUT2D eigenvalue weighted by molar-refractivity contribution is -0.140. The van der Waals surface area contributed by atoms with Crippen molar-refractivity contribution in [3.8, 4) is 0 Å². The molecule has 2 rings (SSSR count). The van der Waals surface area contributed by atoms with Gasteiger partial charge < -0.3 is 20.3 Å². The Kier molecular flexibility index (Phi) is 6.80. The van der Waals surface area contributed by atoms with Crippen LogP contribution in [0.1, 0.15) is 30.6 Å². The van der Waals surface area contributed by atoms with Crippen LogP contribution in [0.25, 0.3) is 0 Å². The van der Waals surface area contributed by atoms with Gasteiger partial charge in [0.05, 0.1) is 18.1 Å².